The minimum atomic E-state index is -0.163. The zero-order chi connectivity index (χ0) is 13.5. The number of amides is 1. The molecule has 0 spiro atoms. The maximum Gasteiger partial charge on any atom is 0.239 e. The zero-order valence-electron chi connectivity index (χ0n) is 11.6. The second-order valence-electron chi connectivity index (χ2n) is 4.73. The summed E-state index contributed by atoms with van der Waals surface area (Å²) >= 11 is 0. The summed E-state index contributed by atoms with van der Waals surface area (Å²) in [7, 11) is 0. The van der Waals surface area contributed by atoms with Gasteiger partial charge in [0.1, 0.15) is 0 Å². The minimum absolute atomic E-state index is 0.0510. The van der Waals surface area contributed by atoms with E-state index in [4.69, 9.17) is 10.00 Å². The fourth-order valence-electron chi connectivity index (χ4n) is 2.16. The standard InChI is InChI=1S/C13H23N3O2/c1-4-15(10-11(2)9-14)12(3)13(17)16-5-7-18-8-6-16/h11-12H,4-8,10H2,1-3H3. The third kappa shape index (κ3) is 3.97. The molecule has 5 heteroatoms. The van der Waals surface area contributed by atoms with E-state index in [2.05, 4.69) is 11.0 Å². The van der Waals surface area contributed by atoms with E-state index in [0.29, 0.717) is 32.8 Å². The van der Waals surface area contributed by atoms with Crippen molar-refractivity contribution < 1.29 is 9.53 Å². The van der Waals surface area contributed by atoms with Crippen LogP contribution in [0.25, 0.3) is 0 Å². The van der Waals surface area contributed by atoms with Gasteiger partial charge in [0.25, 0.3) is 0 Å². The lowest BCUT2D eigenvalue weighted by Gasteiger charge is -2.34. The molecular weight excluding hydrogens is 230 g/mol. The van der Waals surface area contributed by atoms with Gasteiger partial charge in [0.15, 0.2) is 0 Å². The molecule has 5 nitrogen and oxygen atoms in total. The lowest BCUT2D eigenvalue weighted by molar-refractivity contribution is -0.140. The Hall–Kier alpha value is -1.12. The average Bonchev–Trinajstić information content (AvgIpc) is 2.43. The van der Waals surface area contributed by atoms with E-state index in [9.17, 15) is 4.79 Å². The molecule has 0 saturated carbocycles. The number of hydrogen-bond donors (Lipinski definition) is 0. The van der Waals surface area contributed by atoms with E-state index in [1.54, 1.807) is 0 Å². The topological polar surface area (TPSA) is 56.6 Å². The van der Waals surface area contributed by atoms with E-state index < -0.39 is 0 Å². The second-order valence-corrected chi connectivity index (χ2v) is 4.73. The Morgan fingerprint density at radius 1 is 1.44 bits per heavy atom. The van der Waals surface area contributed by atoms with Crippen molar-refractivity contribution in [2.75, 3.05) is 39.4 Å². The number of nitriles is 1. The summed E-state index contributed by atoms with van der Waals surface area (Å²) in [5, 5.41) is 8.86. The lowest BCUT2D eigenvalue weighted by atomic mass is 10.1. The van der Waals surface area contributed by atoms with Crippen molar-refractivity contribution in [3.63, 3.8) is 0 Å². The Kier molecular flexibility index (Phi) is 6.10. The number of likely N-dealkylation sites (N-methyl/N-ethyl adjacent to an activating group) is 1. The molecular formula is C13H23N3O2. The maximum absolute atomic E-state index is 12.3. The molecule has 1 heterocycles. The Balaban J connectivity index is 2.56. The number of morpholine rings is 1. The van der Waals surface area contributed by atoms with Crippen molar-refractivity contribution in [1.82, 2.24) is 9.80 Å². The summed E-state index contributed by atoms with van der Waals surface area (Å²) in [5.41, 5.74) is 0. The smallest absolute Gasteiger partial charge is 0.239 e. The predicted octanol–water partition coefficient (Wildman–Crippen LogP) is 0.715. The van der Waals surface area contributed by atoms with Crippen molar-refractivity contribution in [1.29, 1.82) is 5.26 Å². The van der Waals surface area contributed by atoms with Crippen molar-refractivity contribution >= 4 is 5.91 Å². The normalized spacial score (nSPS) is 19.4. The number of ether oxygens (including phenoxy) is 1. The molecule has 1 saturated heterocycles. The van der Waals surface area contributed by atoms with Gasteiger partial charge in [-0.2, -0.15) is 5.26 Å². The molecule has 18 heavy (non-hydrogen) atoms. The Morgan fingerprint density at radius 2 is 2.06 bits per heavy atom. The molecule has 0 radical (unpaired) electrons. The molecule has 1 aliphatic rings. The van der Waals surface area contributed by atoms with Crippen LogP contribution in [0, 0.1) is 17.2 Å². The van der Waals surface area contributed by atoms with Crippen LogP contribution in [0.15, 0.2) is 0 Å². The highest BCUT2D eigenvalue weighted by Gasteiger charge is 2.27. The molecule has 102 valence electrons. The van der Waals surface area contributed by atoms with Crippen molar-refractivity contribution in [3.8, 4) is 6.07 Å². The zero-order valence-corrected chi connectivity index (χ0v) is 11.6. The van der Waals surface area contributed by atoms with Crippen molar-refractivity contribution in [3.05, 3.63) is 0 Å². The summed E-state index contributed by atoms with van der Waals surface area (Å²) < 4.78 is 5.25. The summed E-state index contributed by atoms with van der Waals surface area (Å²) in [6.07, 6.45) is 0. The van der Waals surface area contributed by atoms with E-state index in [1.807, 2.05) is 25.7 Å². The number of hydrogen-bond acceptors (Lipinski definition) is 4. The molecule has 0 N–H and O–H groups in total. The monoisotopic (exact) mass is 253 g/mol. The third-order valence-corrected chi connectivity index (χ3v) is 3.36. The summed E-state index contributed by atoms with van der Waals surface area (Å²) in [5.74, 6) is 0.0928. The van der Waals surface area contributed by atoms with Gasteiger partial charge < -0.3 is 9.64 Å². The van der Waals surface area contributed by atoms with Crippen LogP contribution in [-0.2, 0) is 9.53 Å². The SMILES string of the molecule is CCN(CC(C)C#N)C(C)C(=O)N1CCOCC1. The van der Waals surface area contributed by atoms with Gasteiger partial charge >= 0.3 is 0 Å². The molecule has 1 fully saturated rings. The minimum Gasteiger partial charge on any atom is -0.378 e. The van der Waals surface area contributed by atoms with Crippen molar-refractivity contribution in [2.24, 2.45) is 5.92 Å². The lowest BCUT2D eigenvalue weighted by Crippen LogP contribution is -2.51. The van der Waals surface area contributed by atoms with Crippen LogP contribution < -0.4 is 0 Å². The summed E-state index contributed by atoms with van der Waals surface area (Å²) in [6.45, 7) is 9.85. The first-order chi connectivity index (χ1) is 8.60. The highest BCUT2D eigenvalue weighted by Crippen LogP contribution is 2.09. The van der Waals surface area contributed by atoms with Gasteiger partial charge in [-0.05, 0) is 20.4 Å². The quantitative estimate of drug-likeness (QED) is 0.724. The number of carbonyl (C=O) groups excluding carboxylic acids is 1. The van der Waals surface area contributed by atoms with Gasteiger partial charge in [0, 0.05) is 19.6 Å². The Morgan fingerprint density at radius 3 is 2.56 bits per heavy atom. The first kappa shape index (κ1) is 14.9. The number of nitrogens with zero attached hydrogens (tertiary/aromatic N) is 3. The van der Waals surface area contributed by atoms with Gasteiger partial charge in [0.2, 0.25) is 5.91 Å². The maximum atomic E-state index is 12.3. The van der Waals surface area contributed by atoms with E-state index >= 15 is 0 Å². The molecule has 0 bridgehead atoms. The molecule has 0 aromatic heterocycles. The van der Waals surface area contributed by atoms with Crippen LogP contribution in [-0.4, -0.2) is 61.1 Å². The predicted molar refractivity (Wildman–Crippen MR) is 68.9 cm³/mol. The van der Waals surface area contributed by atoms with Gasteiger partial charge in [-0.15, -0.1) is 0 Å². The fourth-order valence-corrected chi connectivity index (χ4v) is 2.16. The second kappa shape index (κ2) is 7.34. The largest absolute Gasteiger partial charge is 0.378 e. The van der Waals surface area contributed by atoms with Crippen LogP contribution in [0.2, 0.25) is 0 Å². The van der Waals surface area contributed by atoms with Crippen LogP contribution in [0.1, 0.15) is 20.8 Å². The Labute approximate surface area is 109 Å². The van der Waals surface area contributed by atoms with Gasteiger partial charge in [-0.25, -0.2) is 0 Å². The first-order valence-electron chi connectivity index (χ1n) is 6.60. The van der Waals surface area contributed by atoms with E-state index in [0.717, 1.165) is 6.54 Å². The average molecular weight is 253 g/mol. The molecule has 1 aliphatic heterocycles. The van der Waals surface area contributed by atoms with Crippen LogP contribution in [0.4, 0.5) is 0 Å². The van der Waals surface area contributed by atoms with Gasteiger partial charge in [0.05, 0.1) is 31.2 Å². The highest BCUT2D eigenvalue weighted by atomic mass is 16.5. The molecule has 0 aromatic carbocycles. The van der Waals surface area contributed by atoms with Crippen LogP contribution >= 0.6 is 0 Å². The van der Waals surface area contributed by atoms with E-state index in [-0.39, 0.29) is 17.9 Å². The molecule has 1 rings (SSSR count). The number of rotatable bonds is 5. The van der Waals surface area contributed by atoms with Crippen molar-refractivity contribution in [2.45, 2.75) is 26.8 Å². The Bertz CT molecular complexity index is 308. The third-order valence-electron chi connectivity index (χ3n) is 3.36. The molecule has 0 aliphatic carbocycles. The van der Waals surface area contributed by atoms with Gasteiger partial charge in [-0.1, -0.05) is 6.92 Å². The molecule has 2 unspecified atom stereocenters. The molecule has 1 amide bonds. The highest BCUT2D eigenvalue weighted by molar-refractivity contribution is 5.81. The van der Waals surface area contributed by atoms with E-state index in [1.165, 1.54) is 0 Å². The van der Waals surface area contributed by atoms with Crippen LogP contribution in [0.5, 0.6) is 0 Å². The molecule has 0 aromatic rings. The first-order valence-corrected chi connectivity index (χ1v) is 6.60. The van der Waals surface area contributed by atoms with Gasteiger partial charge in [-0.3, -0.25) is 9.69 Å². The summed E-state index contributed by atoms with van der Waals surface area (Å²) in [6, 6.07) is 2.05. The fraction of sp³-hybridized carbons (Fsp3) is 0.846. The molecule has 2 atom stereocenters. The number of carbonyl (C=O) groups is 1. The summed E-state index contributed by atoms with van der Waals surface area (Å²) in [4.78, 5) is 16.2. The van der Waals surface area contributed by atoms with Crippen LogP contribution in [0.3, 0.4) is 0 Å².